The van der Waals surface area contributed by atoms with Crippen LogP contribution in [-0.2, 0) is 9.53 Å². The van der Waals surface area contributed by atoms with Crippen LogP contribution in [0.15, 0.2) is 18.2 Å². The van der Waals surface area contributed by atoms with Crippen molar-refractivity contribution in [3.63, 3.8) is 0 Å². The van der Waals surface area contributed by atoms with E-state index in [4.69, 9.17) is 4.74 Å². The molecule has 1 aromatic carbocycles. The lowest BCUT2D eigenvalue weighted by Crippen LogP contribution is -2.31. The maximum Gasteiger partial charge on any atom is 0.311 e. The standard InChI is InChI=1S/C15H16BrFO3/c1-15(2,3)14(19)20-12-7-11(16)13(18)9-5-4-8(17)6-10(9)12/h4-6,11-12H,7H2,1-3H3. The van der Waals surface area contributed by atoms with E-state index in [-0.39, 0.29) is 11.8 Å². The first kappa shape index (κ1) is 15.2. The van der Waals surface area contributed by atoms with Gasteiger partial charge in [-0.05, 0) is 39.0 Å². The maximum absolute atomic E-state index is 13.4. The van der Waals surface area contributed by atoms with Crippen LogP contribution in [0.3, 0.4) is 0 Å². The molecule has 1 aliphatic rings. The van der Waals surface area contributed by atoms with Crippen molar-refractivity contribution in [2.45, 2.75) is 38.1 Å². The van der Waals surface area contributed by atoms with Crippen molar-refractivity contribution in [3.8, 4) is 0 Å². The Labute approximate surface area is 125 Å². The molecule has 20 heavy (non-hydrogen) atoms. The smallest absolute Gasteiger partial charge is 0.311 e. The number of ketones is 1. The van der Waals surface area contributed by atoms with E-state index in [1.807, 2.05) is 0 Å². The lowest BCUT2D eigenvalue weighted by Gasteiger charge is -2.30. The van der Waals surface area contributed by atoms with Crippen molar-refractivity contribution in [3.05, 3.63) is 35.1 Å². The van der Waals surface area contributed by atoms with Gasteiger partial charge < -0.3 is 4.74 Å². The third-order valence-corrected chi connectivity index (χ3v) is 3.98. The van der Waals surface area contributed by atoms with Gasteiger partial charge in [-0.15, -0.1) is 0 Å². The van der Waals surface area contributed by atoms with Crippen molar-refractivity contribution in [2.75, 3.05) is 0 Å². The van der Waals surface area contributed by atoms with Crippen LogP contribution in [0, 0.1) is 11.2 Å². The molecule has 0 saturated heterocycles. The van der Waals surface area contributed by atoms with Crippen LogP contribution in [-0.4, -0.2) is 16.6 Å². The van der Waals surface area contributed by atoms with Gasteiger partial charge in [0.05, 0.1) is 10.2 Å². The molecule has 0 radical (unpaired) electrons. The second-order valence-electron chi connectivity index (χ2n) is 5.94. The Morgan fingerprint density at radius 3 is 2.65 bits per heavy atom. The summed E-state index contributed by atoms with van der Waals surface area (Å²) in [5.41, 5.74) is 0.214. The lowest BCUT2D eigenvalue weighted by molar-refractivity contribution is -0.159. The Balaban J connectivity index is 2.36. The Kier molecular flexibility index (Phi) is 4.00. The normalized spacial score (nSPS) is 22.4. The zero-order chi connectivity index (χ0) is 15.1. The third kappa shape index (κ3) is 2.92. The van der Waals surface area contributed by atoms with Gasteiger partial charge in [-0.2, -0.15) is 0 Å². The summed E-state index contributed by atoms with van der Waals surface area (Å²) in [6.45, 7) is 5.25. The molecule has 5 heteroatoms. The first-order valence-corrected chi connectivity index (χ1v) is 7.30. The topological polar surface area (TPSA) is 43.4 Å². The summed E-state index contributed by atoms with van der Waals surface area (Å²) >= 11 is 3.29. The van der Waals surface area contributed by atoms with Gasteiger partial charge in [0.15, 0.2) is 5.78 Å². The minimum absolute atomic E-state index is 0.108. The summed E-state index contributed by atoms with van der Waals surface area (Å²) in [4.78, 5) is 23.6. The highest BCUT2D eigenvalue weighted by Gasteiger charge is 2.36. The summed E-state index contributed by atoms with van der Waals surface area (Å²) in [6.07, 6.45) is -0.286. The average Bonchev–Trinajstić information content (AvgIpc) is 2.34. The molecule has 0 saturated carbocycles. The molecule has 0 fully saturated rings. The number of esters is 1. The Morgan fingerprint density at radius 2 is 2.05 bits per heavy atom. The number of hydrogen-bond acceptors (Lipinski definition) is 3. The quantitative estimate of drug-likeness (QED) is 0.575. The van der Waals surface area contributed by atoms with Crippen LogP contribution in [0.5, 0.6) is 0 Å². The molecular weight excluding hydrogens is 327 g/mol. The van der Waals surface area contributed by atoms with Gasteiger partial charge in [0.2, 0.25) is 0 Å². The Morgan fingerprint density at radius 1 is 1.40 bits per heavy atom. The highest BCUT2D eigenvalue weighted by Crippen LogP contribution is 2.37. The predicted molar refractivity (Wildman–Crippen MR) is 76.4 cm³/mol. The Hall–Kier alpha value is -1.23. The van der Waals surface area contributed by atoms with Crippen LogP contribution in [0.25, 0.3) is 0 Å². The molecular formula is C15H16BrFO3. The number of benzene rings is 1. The highest BCUT2D eigenvalue weighted by molar-refractivity contribution is 9.10. The molecule has 2 atom stereocenters. The molecule has 108 valence electrons. The zero-order valence-corrected chi connectivity index (χ0v) is 13.2. The monoisotopic (exact) mass is 342 g/mol. The fraction of sp³-hybridized carbons (Fsp3) is 0.467. The number of carbonyl (C=O) groups excluding carboxylic acids is 2. The van der Waals surface area contributed by atoms with Gasteiger partial charge in [-0.1, -0.05) is 15.9 Å². The lowest BCUT2D eigenvalue weighted by atomic mass is 9.87. The van der Waals surface area contributed by atoms with E-state index in [0.717, 1.165) is 0 Å². The van der Waals surface area contributed by atoms with Crippen LogP contribution in [0.2, 0.25) is 0 Å². The second-order valence-corrected chi connectivity index (χ2v) is 7.05. The highest BCUT2D eigenvalue weighted by atomic mass is 79.9. The molecule has 1 aromatic rings. The van der Waals surface area contributed by atoms with Crippen molar-refractivity contribution >= 4 is 27.7 Å². The SMILES string of the molecule is CC(C)(C)C(=O)OC1CC(Br)C(=O)c2ccc(F)cc21. The fourth-order valence-electron chi connectivity index (χ4n) is 2.03. The average molecular weight is 343 g/mol. The molecule has 0 heterocycles. The number of alkyl halides is 1. The first-order chi connectivity index (χ1) is 9.20. The van der Waals surface area contributed by atoms with E-state index in [2.05, 4.69) is 15.9 Å². The molecule has 0 aliphatic heterocycles. The van der Waals surface area contributed by atoms with E-state index in [9.17, 15) is 14.0 Å². The van der Waals surface area contributed by atoms with Crippen LogP contribution in [0.4, 0.5) is 4.39 Å². The minimum Gasteiger partial charge on any atom is -0.457 e. The first-order valence-electron chi connectivity index (χ1n) is 6.39. The largest absolute Gasteiger partial charge is 0.457 e. The number of rotatable bonds is 1. The van der Waals surface area contributed by atoms with Gasteiger partial charge in [-0.25, -0.2) is 4.39 Å². The van der Waals surface area contributed by atoms with E-state index in [1.54, 1.807) is 20.8 Å². The fourth-order valence-corrected chi connectivity index (χ4v) is 2.62. The second kappa shape index (κ2) is 5.28. The third-order valence-electron chi connectivity index (χ3n) is 3.19. The molecule has 0 aromatic heterocycles. The summed E-state index contributed by atoms with van der Waals surface area (Å²) in [5, 5.41) is 0. The van der Waals surface area contributed by atoms with E-state index >= 15 is 0 Å². The van der Waals surface area contributed by atoms with Gasteiger partial charge >= 0.3 is 5.97 Å². The van der Waals surface area contributed by atoms with Gasteiger partial charge in [0.25, 0.3) is 0 Å². The summed E-state index contributed by atoms with van der Waals surface area (Å²) in [5.74, 6) is -0.920. The van der Waals surface area contributed by atoms with E-state index in [1.165, 1.54) is 18.2 Å². The molecule has 2 rings (SSSR count). The molecule has 0 amide bonds. The van der Waals surface area contributed by atoms with Crippen LogP contribution in [0.1, 0.15) is 49.2 Å². The van der Waals surface area contributed by atoms with Crippen LogP contribution < -0.4 is 0 Å². The number of ether oxygens (including phenoxy) is 1. The van der Waals surface area contributed by atoms with Crippen molar-refractivity contribution < 1.29 is 18.7 Å². The van der Waals surface area contributed by atoms with Crippen molar-refractivity contribution in [1.29, 1.82) is 0 Å². The van der Waals surface area contributed by atoms with Crippen LogP contribution >= 0.6 is 15.9 Å². The van der Waals surface area contributed by atoms with Gasteiger partial charge in [0.1, 0.15) is 11.9 Å². The molecule has 3 nitrogen and oxygen atoms in total. The number of hydrogen-bond donors (Lipinski definition) is 0. The molecule has 0 spiro atoms. The maximum atomic E-state index is 13.4. The Bertz CT molecular complexity index is 563. The summed E-state index contributed by atoms with van der Waals surface area (Å²) in [7, 11) is 0. The summed E-state index contributed by atoms with van der Waals surface area (Å²) in [6, 6.07) is 3.95. The number of halogens is 2. The van der Waals surface area contributed by atoms with E-state index < -0.39 is 22.2 Å². The molecule has 0 N–H and O–H groups in total. The zero-order valence-electron chi connectivity index (χ0n) is 11.6. The molecule has 2 unspecified atom stereocenters. The van der Waals surface area contributed by atoms with Crippen molar-refractivity contribution in [1.82, 2.24) is 0 Å². The molecule has 0 bridgehead atoms. The molecule has 1 aliphatic carbocycles. The number of fused-ring (bicyclic) bond motifs is 1. The van der Waals surface area contributed by atoms with E-state index in [0.29, 0.717) is 17.5 Å². The number of Topliss-reactive ketones (excluding diaryl/α,β-unsaturated/α-hetero) is 1. The predicted octanol–water partition coefficient (Wildman–Crippen LogP) is 3.81. The van der Waals surface area contributed by atoms with Crippen molar-refractivity contribution in [2.24, 2.45) is 5.41 Å². The van der Waals surface area contributed by atoms with Gasteiger partial charge in [0, 0.05) is 17.5 Å². The minimum atomic E-state index is -0.642. The summed E-state index contributed by atoms with van der Waals surface area (Å²) < 4.78 is 18.9. The van der Waals surface area contributed by atoms with Gasteiger partial charge in [-0.3, -0.25) is 9.59 Å². The number of carbonyl (C=O) groups is 2.